The molecule has 0 fully saturated rings. The fourth-order valence-corrected chi connectivity index (χ4v) is 2.87. The Morgan fingerprint density at radius 3 is 2.57 bits per heavy atom. The number of halogens is 1. The van der Waals surface area contributed by atoms with Crippen LogP contribution in [0.5, 0.6) is 0 Å². The van der Waals surface area contributed by atoms with Crippen LogP contribution in [0, 0.1) is 19.7 Å². The maximum absolute atomic E-state index is 13.4. The van der Waals surface area contributed by atoms with E-state index < -0.39 is 29.5 Å². The van der Waals surface area contributed by atoms with Crippen LogP contribution < -0.4 is 16.6 Å². The number of aryl methyl sites for hydroxylation is 1. The Bertz CT molecular complexity index is 1150. The number of aromatic nitrogens is 2. The maximum Gasteiger partial charge on any atom is 0.331 e. The molecule has 7 heteroatoms. The quantitative estimate of drug-likeness (QED) is 0.738. The van der Waals surface area contributed by atoms with Crippen LogP contribution in [0.1, 0.15) is 16.7 Å². The minimum Gasteiger partial charge on any atom is -0.324 e. The lowest BCUT2D eigenvalue weighted by Gasteiger charge is -2.12. The van der Waals surface area contributed by atoms with E-state index in [0.29, 0.717) is 11.3 Å². The standard InChI is InChI=1S/C21H20FN3O3/c1-14-5-3-8-18(15(14)2)23-19(26)13-25-20(27)9-10-24(21(25)28)12-16-6-4-7-17(22)11-16/h3-11H,12-13H2,1-2H3,(H,23,26). The van der Waals surface area contributed by atoms with Gasteiger partial charge in [0.1, 0.15) is 12.4 Å². The van der Waals surface area contributed by atoms with Crippen LogP contribution in [0.3, 0.4) is 0 Å². The van der Waals surface area contributed by atoms with Gasteiger partial charge in [0.15, 0.2) is 0 Å². The van der Waals surface area contributed by atoms with Gasteiger partial charge in [0.25, 0.3) is 5.56 Å². The molecule has 144 valence electrons. The normalized spacial score (nSPS) is 10.7. The van der Waals surface area contributed by atoms with Crippen LogP contribution in [-0.4, -0.2) is 15.0 Å². The maximum atomic E-state index is 13.4. The van der Waals surface area contributed by atoms with Gasteiger partial charge in [-0.3, -0.25) is 18.7 Å². The van der Waals surface area contributed by atoms with Crippen LogP contribution in [0.25, 0.3) is 0 Å². The van der Waals surface area contributed by atoms with E-state index in [-0.39, 0.29) is 6.54 Å². The smallest absolute Gasteiger partial charge is 0.324 e. The van der Waals surface area contributed by atoms with Crippen LogP contribution in [0.2, 0.25) is 0 Å². The number of amides is 1. The van der Waals surface area contributed by atoms with Gasteiger partial charge in [0, 0.05) is 18.0 Å². The van der Waals surface area contributed by atoms with E-state index in [2.05, 4.69) is 5.32 Å². The Labute approximate surface area is 160 Å². The van der Waals surface area contributed by atoms with Crippen molar-refractivity contribution in [2.24, 2.45) is 0 Å². The number of rotatable bonds is 5. The highest BCUT2D eigenvalue weighted by Gasteiger charge is 2.12. The third kappa shape index (κ3) is 4.25. The molecule has 2 aromatic carbocycles. The van der Waals surface area contributed by atoms with E-state index in [0.717, 1.165) is 15.7 Å². The zero-order valence-corrected chi connectivity index (χ0v) is 15.6. The molecule has 0 aliphatic carbocycles. The van der Waals surface area contributed by atoms with Crippen molar-refractivity contribution >= 4 is 11.6 Å². The molecule has 0 unspecified atom stereocenters. The Balaban J connectivity index is 1.84. The number of carbonyl (C=O) groups is 1. The average Bonchev–Trinajstić information content (AvgIpc) is 2.65. The van der Waals surface area contributed by atoms with E-state index in [1.807, 2.05) is 26.0 Å². The van der Waals surface area contributed by atoms with Crippen molar-refractivity contribution < 1.29 is 9.18 Å². The fourth-order valence-electron chi connectivity index (χ4n) is 2.87. The molecule has 6 nitrogen and oxygen atoms in total. The van der Waals surface area contributed by atoms with Crippen LogP contribution in [0.4, 0.5) is 10.1 Å². The van der Waals surface area contributed by atoms with Crippen LogP contribution >= 0.6 is 0 Å². The highest BCUT2D eigenvalue weighted by Crippen LogP contribution is 2.17. The molecule has 1 N–H and O–H groups in total. The van der Waals surface area contributed by atoms with Crippen molar-refractivity contribution in [3.63, 3.8) is 0 Å². The third-order valence-corrected chi connectivity index (χ3v) is 4.56. The van der Waals surface area contributed by atoms with Gasteiger partial charge >= 0.3 is 5.69 Å². The minimum absolute atomic E-state index is 0.0927. The van der Waals surface area contributed by atoms with Gasteiger partial charge in [-0.05, 0) is 48.7 Å². The van der Waals surface area contributed by atoms with Gasteiger partial charge in [-0.2, -0.15) is 0 Å². The molecule has 0 saturated carbocycles. The third-order valence-electron chi connectivity index (χ3n) is 4.56. The van der Waals surface area contributed by atoms with Crippen molar-refractivity contribution in [1.82, 2.24) is 9.13 Å². The summed E-state index contributed by atoms with van der Waals surface area (Å²) < 4.78 is 15.5. The first-order valence-corrected chi connectivity index (χ1v) is 8.76. The van der Waals surface area contributed by atoms with Gasteiger partial charge in [-0.1, -0.05) is 24.3 Å². The number of hydrogen-bond donors (Lipinski definition) is 1. The topological polar surface area (TPSA) is 73.1 Å². The molecule has 1 amide bonds. The highest BCUT2D eigenvalue weighted by molar-refractivity contribution is 5.91. The van der Waals surface area contributed by atoms with Crippen LogP contribution in [0.15, 0.2) is 64.3 Å². The Morgan fingerprint density at radius 1 is 1.07 bits per heavy atom. The molecule has 0 saturated heterocycles. The molecule has 1 aromatic heterocycles. The Hall–Kier alpha value is -3.48. The predicted molar refractivity (Wildman–Crippen MR) is 105 cm³/mol. The number of nitrogens with zero attached hydrogens (tertiary/aromatic N) is 2. The largest absolute Gasteiger partial charge is 0.331 e. The minimum atomic E-state index is -0.632. The molecule has 0 aliphatic heterocycles. The summed E-state index contributed by atoms with van der Waals surface area (Å²) >= 11 is 0. The predicted octanol–water partition coefficient (Wildman–Crippen LogP) is 2.45. The SMILES string of the molecule is Cc1cccc(NC(=O)Cn2c(=O)ccn(Cc3cccc(F)c3)c2=O)c1C. The molecule has 0 radical (unpaired) electrons. The molecule has 28 heavy (non-hydrogen) atoms. The van der Waals surface area contributed by atoms with E-state index in [1.54, 1.807) is 18.2 Å². The average molecular weight is 381 g/mol. The second-order valence-corrected chi connectivity index (χ2v) is 6.58. The van der Waals surface area contributed by atoms with Gasteiger partial charge < -0.3 is 5.32 Å². The molecule has 3 aromatic rings. The van der Waals surface area contributed by atoms with E-state index in [4.69, 9.17) is 0 Å². The van der Waals surface area contributed by atoms with Gasteiger partial charge in [0.2, 0.25) is 5.91 Å². The molecule has 0 bridgehead atoms. The van der Waals surface area contributed by atoms with E-state index >= 15 is 0 Å². The molecule has 0 aliphatic rings. The van der Waals surface area contributed by atoms with Gasteiger partial charge in [-0.15, -0.1) is 0 Å². The first-order chi connectivity index (χ1) is 13.3. The zero-order chi connectivity index (χ0) is 20.3. The lowest BCUT2D eigenvalue weighted by molar-refractivity contribution is -0.116. The monoisotopic (exact) mass is 381 g/mol. The van der Waals surface area contributed by atoms with Crippen molar-refractivity contribution in [2.45, 2.75) is 26.9 Å². The van der Waals surface area contributed by atoms with Crippen LogP contribution in [-0.2, 0) is 17.9 Å². The molecular weight excluding hydrogens is 361 g/mol. The summed E-state index contributed by atoms with van der Waals surface area (Å²) in [4.78, 5) is 37.2. The fraction of sp³-hybridized carbons (Fsp3) is 0.190. The summed E-state index contributed by atoms with van der Waals surface area (Å²) in [6.07, 6.45) is 1.34. The van der Waals surface area contributed by atoms with Gasteiger partial charge in [0.05, 0.1) is 6.54 Å². The number of anilines is 1. The summed E-state index contributed by atoms with van der Waals surface area (Å²) in [5.74, 6) is -0.886. The van der Waals surface area contributed by atoms with Crippen molar-refractivity contribution in [3.8, 4) is 0 Å². The molecule has 0 atom stereocenters. The second-order valence-electron chi connectivity index (χ2n) is 6.58. The van der Waals surface area contributed by atoms with E-state index in [1.165, 1.54) is 29.0 Å². The molecular formula is C21H20FN3O3. The highest BCUT2D eigenvalue weighted by atomic mass is 19.1. The number of nitrogens with one attached hydrogen (secondary N) is 1. The summed E-state index contributed by atoms with van der Waals surface area (Å²) in [6, 6.07) is 12.6. The summed E-state index contributed by atoms with van der Waals surface area (Å²) in [5, 5.41) is 2.73. The molecule has 0 spiro atoms. The van der Waals surface area contributed by atoms with Gasteiger partial charge in [-0.25, -0.2) is 9.18 Å². The second kappa shape index (κ2) is 8.04. The summed E-state index contributed by atoms with van der Waals surface area (Å²) in [5.41, 5.74) is 1.94. The Morgan fingerprint density at radius 2 is 1.82 bits per heavy atom. The first-order valence-electron chi connectivity index (χ1n) is 8.76. The van der Waals surface area contributed by atoms with Crippen molar-refractivity contribution in [3.05, 3.63) is 98.1 Å². The molecule has 1 heterocycles. The summed E-state index contributed by atoms with van der Waals surface area (Å²) in [7, 11) is 0. The molecule has 3 rings (SSSR count). The lowest BCUT2D eigenvalue weighted by Crippen LogP contribution is -2.41. The number of hydrogen-bond acceptors (Lipinski definition) is 3. The van der Waals surface area contributed by atoms with E-state index in [9.17, 15) is 18.8 Å². The first kappa shape index (κ1) is 19.3. The van der Waals surface area contributed by atoms with Crippen molar-refractivity contribution in [2.75, 3.05) is 5.32 Å². The Kier molecular flexibility index (Phi) is 5.54. The zero-order valence-electron chi connectivity index (χ0n) is 15.6. The lowest BCUT2D eigenvalue weighted by atomic mass is 10.1. The summed E-state index contributed by atoms with van der Waals surface area (Å²) in [6.45, 7) is 3.49. The van der Waals surface area contributed by atoms with Crippen molar-refractivity contribution in [1.29, 1.82) is 0 Å². The number of carbonyl (C=O) groups excluding carboxylic acids is 1. The number of benzene rings is 2.